The summed E-state index contributed by atoms with van der Waals surface area (Å²) < 4.78 is 47.3. The summed E-state index contributed by atoms with van der Waals surface area (Å²) in [5.41, 5.74) is 8.50. The van der Waals surface area contributed by atoms with Crippen molar-refractivity contribution in [3.8, 4) is 56.0 Å². The zero-order chi connectivity index (χ0) is 48.9. The van der Waals surface area contributed by atoms with E-state index >= 15 is 0 Å². The molecule has 364 valence electrons. The molecule has 0 saturated heterocycles. The van der Waals surface area contributed by atoms with Crippen molar-refractivity contribution >= 4 is 53.9 Å². The van der Waals surface area contributed by atoms with E-state index in [0.717, 1.165) is 110 Å². The van der Waals surface area contributed by atoms with Gasteiger partial charge in [0.05, 0.1) is 66.1 Å². The van der Waals surface area contributed by atoms with Crippen LogP contribution in [0, 0.1) is 0 Å². The molecule has 0 saturated carbocycles. The molecule has 0 amide bonds. The molecule has 0 fully saturated rings. The monoisotopic (exact) mass is 958 g/mol. The van der Waals surface area contributed by atoms with E-state index in [1.807, 2.05) is 36.9 Å². The van der Waals surface area contributed by atoms with Crippen LogP contribution in [0.2, 0.25) is 0 Å². The van der Waals surface area contributed by atoms with Crippen LogP contribution in [-0.4, -0.2) is 103 Å². The van der Waals surface area contributed by atoms with E-state index in [1.54, 1.807) is 14.2 Å². The lowest BCUT2D eigenvalue weighted by Crippen LogP contribution is -2.13. The number of ether oxygens (including phenoxy) is 8. The number of rotatable bonds is 24. The summed E-state index contributed by atoms with van der Waals surface area (Å²) >= 11 is 0. The SMILES string of the molecule is COCCOCCOCCOc1cc2cc(OCCOCCOCCOC)c(-c3c4ccccc4c(-c4cccnc4)c4ccccc34)cc2cc1-c1c2ccccc2c(-c2cccnc2)c2ccccc12. The van der Waals surface area contributed by atoms with Crippen molar-refractivity contribution in [2.24, 2.45) is 0 Å². The number of aromatic nitrogens is 2. The molecule has 0 aliphatic rings. The van der Waals surface area contributed by atoms with E-state index in [9.17, 15) is 0 Å². The van der Waals surface area contributed by atoms with Crippen molar-refractivity contribution in [3.63, 3.8) is 0 Å². The van der Waals surface area contributed by atoms with Crippen molar-refractivity contribution in [1.82, 2.24) is 9.97 Å². The average Bonchev–Trinajstić information content (AvgIpc) is 3.43. The summed E-state index contributed by atoms with van der Waals surface area (Å²) in [6.07, 6.45) is 7.54. The lowest BCUT2D eigenvalue weighted by molar-refractivity contribution is 0.0180. The minimum absolute atomic E-state index is 0.329. The van der Waals surface area contributed by atoms with Gasteiger partial charge in [0.15, 0.2) is 0 Å². The van der Waals surface area contributed by atoms with Gasteiger partial charge in [-0.05, 0) is 101 Å². The highest BCUT2D eigenvalue weighted by atomic mass is 16.6. The number of fused-ring (bicyclic) bond motifs is 5. The van der Waals surface area contributed by atoms with Crippen LogP contribution >= 0.6 is 0 Å². The Bertz CT molecular complexity index is 3080. The number of hydrogen-bond acceptors (Lipinski definition) is 10. The average molecular weight is 959 g/mol. The van der Waals surface area contributed by atoms with Gasteiger partial charge in [-0.1, -0.05) is 109 Å². The maximum atomic E-state index is 6.86. The second-order valence-corrected chi connectivity index (χ2v) is 17.3. The number of pyridine rings is 2. The van der Waals surface area contributed by atoms with E-state index < -0.39 is 0 Å². The van der Waals surface area contributed by atoms with E-state index in [-0.39, 0.29) is 0 Å². The number of benzene rings is 8. The van der Waals surface area contributed by atoms with Gasteiger partial charge in [0.2, 0.25) is 0 Å². The van der Waals surface area contributed by atoms with Gasteiger partial charge < -0.3 is 37.9 Å². The molecule has 0 spiro atoms. The molecule has 0 aliphatic carbocycles. The van der Waals surface area contributed by atoms with E-state index in [1.165, 1.54) is 0 Å². The van der Waals surface area contributed by atoms with Gasteiger partial charge in [0.1, 0.15) is 24.7 Å². The summed E-state index contributed by atoms with van der Waals surface area (Å²) in [6.45, 7) is 5.38. The van der Waals surface area contributed by atoms with Crippen LogP contribution in [0.4, 0.5) is 0 Å². The Morgan fingerprint density at radius 2 is 0.625 bits per heavy atom. The van der Waals surface area contributed by atoms with Crippen molar-refractivity contribution in [1.29, 1.82) is 0 Å². The molecule has 8 aromatic carbocycles. The summed E-state index contributed by atoms with van der Waals surface area (Å²) in [5, 5.41) is 10.9. The second kappa shape index (κ2) is 23.8. The Hall–Kier alpha value is -7.28. The van der Waals surface area contributed by atoms with Gasteiger partial charge in [-0.2, -0.15) is 0 Å². The Kier molecular flexibility index (Phi) is 16.0. The molecule has 10 heteroatoms. The number of hydrogen-bond donors (Lipinski definition) is 0. The Labute approximate surface area is 420 Å². The molecule has 0 radical (unpaired) electrons. The molecule has 0 bridgehead atoms. The maximum Gasteiger partial charge on any atom is 0.127 e. The van der Waals surface area contributed by atoms with Gasteiger partial charge in [-0.15, -0.1) is 0 Å². The van der Waals surface area contributed by atoms with Crippen molar-refractivity contribution < 1.29 is 37.9 Å². The lowest BCUT2D eigenvalue weighted by Gasteiger charge is -2.22. The Balaban J connectivity index is 1.15. The van der Waals surface area contributed by atoms with Gasteiger partial charge in [0, 0.05) is 72.4 Å². The topological polar surface area (TPSA) is 99.6 Å². The van der Waals surface area contributed by atoms with Crippen LogP contribution in [0.25, 0.3) is 98.4 Å². The van der Waals surface area contributed by atoms with Gasteiger partial charge >= 0.3 is 0 Å². The minimum Gasteiger partial charge on any atom is -0.491 e. The third-order valence-electron chi connectivity index (χ3n) is 12.9. The predicted octanol–water partition coefficient (Wildman–Crippen LogP) is 13.0. The van der Waals surface area contributed by atoms with Crippen LogP contribution in [0.1, 0.15) is 0 Å². The first-order chi connectivity index (χ1) is 35.7. The van der Waals surface area contributed by atoms with Gasteiger partial charge in [0.25, 0.3) is 0 Å². The minimum atomic E-state index is 0.329. The highest BCUT2D eigenvalue weighted by Gasteiger charge is 2.23. The van der Waals surface area contributed by atoms with Crippen LogP contribution in [0.3, 0.4) is 0 Å². The first-order valence-electron chi connectivity index (χ1n) is 24.6. The maximum absolute atomic E-state index is 6.86. The predicted molar refractivity (Wildman–Crippen MR) is 289 cm³/mol. The second-order valence-electron chi connectivity index (χ2n) is 17.3. The fraction of sp³-hybridized carbons (Fsp3) is 0.226. The molecule has 0 atom stereocenters. The molecule has 2 aromatic heterocycles. The first kappa shape index (κ1) is 48.4. The van der Waals surface area contributed by atoms with Gasteiger partial charge in [-0.25, -0.2) is 0 Å². The third-order valence-corrected chi connectivity index (χ3v) is 12.9. The lowest BCUT2D eigenvalue weighted by atomic mass is 9.84. The van der Waals surface area contributed by atoms with Crippen molar-refractivity contribution in [3.05, 3.63) is 170 Å². The zero-order valence-corrected chi connectivity index (χ0v) is 40.8. The molecular formula is C62H58N2O8. The fourth-order valence-corrected chi connectivity index (χ4v) is 9.77. The molecule has 10 nitrogen and oxygen atoms in total. The summed E-state index contributed by atoms with van der Waals surface area (Å²) in [7, 11) is 3.33. The highest BCUT2D eigenvalue weighted by Crippen LogP contribution is 2.50. The fourth-order valence-electron chi connectivity index (χ4n) is 9.77. The van der Waals surface area contributed by atoms with Crippen LogP contribution in [0.15, 0.2) is 170 Å². The van der Waals surface area contributed by atoms with Crippen molar-refractivity contribution in [2.45, 2.75) is 0 Å². The molecular weight excluding hydrogens is 901 g/mol. The summed E-state index contributed by atoms with van der Waals surface area (Å²) in [5.74, 6) is 1.47. The summed E-state index contributed by atoms with van der Waals surface area (Å²) in [6, 6.07) is 51.8. The van der Waals surface area contributed by atoms with E-state index in [0.29, 0.717) is 79.3 Å². The summed E-state index contributed by atoms with van der Waals surface area (Å²) in [4.78, 5) is 9.09. The molecule has 10 rings (SSSR count). The molecule has 0 N–H and O–H groups in total. The van der Waals surface area contributed by atoms with E-state index in [2.05, 4.69) is 143 Å². The van der Waals surface area contributed by atoms with Crippen LogP contribution in [-0.2, 0) is 28.4 Å². The number of nitrogens with zero attached hydrogens (tertiary/aromatic N) is 2. The highest BCUT2D eigenvalue weighted by molar-refractivity contribution is 6.24. The molecule has 2 heterocycles. The standard InChI is InChI=1S/C62H58N2O8/c1-65-25-27-67-29-31-69-33-35-71-57-39-46-40-58(72-36-34-70-32-30-68-28-26-66-2)56(62-53-21-9-5-17-49(53)60(44-14-12-24-64-42-44)50-18-6-10-22-54(50)62)38-45(46)37-55(57)61-51-19-7-3-15-47(51)59(43-13-11-23-63-41-43)48-16-4-8-20-52(48)61/h3-24,37-42H,25-36H2,1-2H3. The largest absolute Gasteiger partial charge is 0.491 e. The number of methoxy groups -OCH3 is 2. The van der Waals surface area contributed by atoms with Crippen LogP contribution < -0.4 is 9.47 Å². The Morgan fingerprint density at radius 3 is 0.944 bits per heavy atom. The molecule has 72 heavy (non-hydrogen) atoms. The molecule has 0 unspecified atom stereocenters. The smallest absolute Gasteiger partial charge is 0.127 e. The van der Waals surface area contributed by atoms with E-state index in [4.69, 9.17) is 37.9 Å². The Morgan fingerprint density at radius 1 is 0.319 bits per heavy atom. The van der Waals surface area contributed by atoms with Gasteiger partial charge in [-0.3, -0.25) is 9.97 Å². The van der Waals surface area contributed by atoms with Crippen molar-refractivity contribution in [2.75, 3.05) is 93.5 Å². The quantitative estimate of drug-likeness (QED) is 0.0430. The molecule has 10 aromatic rings. The zero-order valence-electron chi connectivity index (χ0n) is 40.8. The third kappa shape index (κ3) is 10.5. The van der Waals surface area contributed by atoms with Crippen LogP contribution in [0.5, 0.6) is 11.5 Å². The normalized spacial score (nSPS) is 11.6. The molecule has 0 aliphatic heterocycles. The first-order valence-corrected chi connectivity index (χ1v) is 24.6.